The molecule has 1 aromatic heterocycles. The summed E-state index contributed by atoms with van der Waals surface area (Å²) < 4.78 is 27.9. The Labute approximate surface area is 153 Å². The molecule has 0 aliphatic carbocycles. The Morgan fingerprint density at radius 2 is 1.89 bits per heavy atom. The van der Waals surface area contributed by atoms with Gasteiger partial charge in [-0.2, -0.15) is 0 Å². The number of rotatable bonds is 4. The number of aryl methyl sites for hydroxylation is 1. The number of nitrogens with one attached hydrogen (secondary N) is 3. The van der Waals surface area contributed by atoms with Crippen LogP contribution in [0.15, 0.2) is 53.5 Å². The third-order valence-corrected chi connectivity index (χ3v) is 4.14. The van der Waals surface area contributed by atoms with Crippen molar-refractivity contribution in [1.82, 2.24) is 14.9 Å². The van der Waals surface area contributed by atoms with Gasteiger partial charge in [0.05, 0.1) is 17.4 Å². The van der Waals surface area contributed by atoms with Crippen molar-refractivity contribution in [3.8, 4) is 5.69 Å². The van der Waals surface area contributed by atoms with Gasteiger partial charge in [0.2, 0.25) is 0 Å². The largest absolute Gasteiger partial charge is 0.331 e. The number of benzene rings is 2. The maximum absolute atomic E-state index is 13.4. The van der Waals surface area contributed by atoms with Crippen molar-refractivity contribution in [2.45, 2.75) is 19.9 Å². The molecule has 27 heavy (non-hydrogen) atoms. The predicted octanol–water partition coefficient (Wildman–Crippen LogP) is 3.63. The van der Waals surface area contributed by atoms with Crippen molar-refractivity contribution >= 4 is 11.7 Å². The second-order valence-electron chi connectivity index (χ2n) is 6.08. The number of anilines is 1. The molecule has 140 valence electrons. The highest BCUT2D eigenvalue weighted by atomic mass is 19.2. The van der Waals surface area contributed by atoms with Crippen LogP contribution in [0.5, 0.6) is 0 Å². The van der Waals surface area contributed by atoms with Crippen LogP contribution in [0.1, 0.15) is 24.2 Å². The first kappa shape index (κ1) is 18.4. The molecular formula is C19H18F2N4O2. The number of halogens is 2. The van der Waals surface area contributed by atoms with E-state index in [2.05, 4.69) is 15.6 Å². The highest BCUT2D eigenvalue weighted by Crippen LogP contribution is 2.21. The molecule has 3 N–H and O–H groups in total. The summed E-state index contributed by atoms with van der Waals surface area (Å²) in [6, 6.07) is 9.21. The summed E-state index contributed by atoms with van der Waals surface area (Å²) in [7, 11) is 0. The lowest BCUT2D eigenvalue weighted by Crippen LogP contribution is -2.32. The molecule has 0 aliphatic rings. The second kappa shape index (κ2) is 7.45. The van der Waals surface area contributed by atoms with E-state index in [1.54, 1.807) is 44.3 Å². The van der Waals surface area contributed by atoms with E-state index in [-0.39, 0.29) is 5.69 Å². The predicted molar refractivity (Wildman–Crippen MR) is 98.1 cm³/mol. The van der Waals surface area contributed by atoms with Crippen molar-refractivity contribution < 1.29 is 13.6 Å². The van der Waals surface area contributed by atoms with E-state index in [1.807, 2.05) is 0 Å². The van der Waals surface area contributed by atoms with E-state index in [9.17, 15) is 18.4 Å². The zero-order chi connectivity index (χ0) is 19.6. The Bertz CT molecular complexity index is 1040. The number of aromatic amines is 1. The molecule has 1 heterocycles. The van der Waals surface area contributed by atoms with Crippen LogP contribution < -0.4 is 16.3 Å². The number of carbonyl (C=O) groups is 1. The summed E-state index contributed by atoms with van der Waals surface area (Å²) in [6.45, 7) is 3.42. The number of amides is 2. The average Bonchev–Trinajstić information content (AvgIpc) is 2.96. The quantitative estimate of drug-likeness (QED) is 0.654. The fourth-order valence-electron chi connectivity index (χ4n) is 2.75. The summed E-state index contributed by atoms with van der Waals surface area (Å²) in [6.07, 6.45) is 1.57. The van der Waals surface area contributed by atoms with Gasteiger partial charge in [0, 0.05) is 11.9 Å². The molecule has 8 heteroatoms. The molecule has 0 saturated carbocycles. The lowest BCUT2D eigenvalue weighted by Gasteiger charge is -2.17. The summed E-state index contributed by atoms with van der Waals surface area (Å²) in [4.78, 5) is 27.0. The molecule has 0 fully saturated rings. The molecule has 0 spiro atoms. The van der Waals surface area contributed by atoms with Gasteiger partial charge in [-0.1, -0.05) is 18.2 Å². The van der Waals surface area contributed by atoms with Crippen molar-refractivity contribution in [1.29, 1.82) is 0 Å². The minimum Gasteiger partial charge on any atom is -0.331 e. The molecule has 6 nitrogen and oxygen atoms in total. The van der Waals surface area contributed by atoms with Gasteiger partial charge < -0.3 is 15.6 Å². The second-order valence-corrected chi connectivity index (χ2v) is 6.08. The number of imidazole rings is 1. The maximum Gasteiger partial charge on any atom is 0.330 e. The first-order valence-corrected chi connectivity index (χ1v) is 8.25. The number of carbonyl (C=O) groups excluding carboxylic acids is 1. The summed E-state index contributed by atoms with van der Waals surface area (Å²) in [5.41, 5.74) is 1.73. The highest BCUT2D eigenvalue weighted by molar-refractivity contribution is 5.91. The number of aromatic nitrogens is 2. The van der Waals surface area contributed by atoms with Crippen LogP contribution in [-0.4, -0.2) is 15.6 Å². The Kier molecular flexibility index (Phi) is 5.07. The van der Waals surface area contributed by atoms with Crippen LogP contribution in [0.4, 0.5) is 19.3 Å². The van der Waals surface area contributed by atoms with Crippen LogP contribution >= 0.6 is 0 Å². The minimum atomic E-state index is -0.978. The Hall–Kier alpha value is -3.42. The Balaban J connectivity index is 1.79. The molecule has 2 amide bonds. The van der Waals surface area contributed by atoms with Crippen molar-refractivity contribution in [2.24, 2.45) is 0 Å². The third kappa shape index (κ3) is 3.89. The van der Waals surface area contributed by atoms with E-state index >= 15 is 0 Å². The summed E-state index contributed by atoms with van der Waals surface area (Å²) in [5.74, 6) is -1.93. The van der Waals surface area contributed by atoms with Crippen LogP contribution in [0.2, 0.25) is 0 Å². The molecule has 3 rings (SSSR count). The SMILES string of the molecule is Cc1c[nH]c(=O)n1-c1ccccc1NC(=O)NC(C)c1ccc(F)c(F)c1. The normalized spacial score (nSPS) is 11.9. The van der Waals surface area contributed by atoms with Gasteiger partial charge in [-0.25, -0.2) is 18.4 Å². The number of hydrogen-bond donors (Lipinski definition) is 3. The Morgan fingerprint density at radius 1 is 1.15 bits per heavy atom. The molecule has 0 saturated heterocycles. The zero-order valence-corrected chi connectivity index (χ0v) is 14.7. The first-order valence-electron chi connectivity index (χ1n) is 8.25. The maximum atomic E-state index is 13.4. The van der Waals surface area contributed by atoms with Crippen LogP contribution in [0, 0.1) is 18.6 Å². The zero-order valence-electron chi connectivity index (χ0n) is 14.7. The third-order valence-electron chi connectivity index (χ3n) is 4.14. The smallest absolute Gasteiger partial charge is 0.330 e. The van der Waals surface area contributed by atoms with Gasteiger partial charge >= 0.3 is 11.7 Å². The van der Waals surface area contributed by atoms with E-state index in [0.29, 0.717) is 22.6 Å². The van der Waals surface area contributed by atoms with Crippen LogP contribution in [0.3, 0.4) is 0 Å². The number of H-pyrrole nitrogens is 1. The van der Waals surface area contributed by atoms with E-state index < -0.39 is 23.7 Å². The molecule has 1 unspecified atom stereocenters. The van der Waals surface area contributed by atoms with Crippen molar-refractivity contribution in [2.75, 3.05) is 5.32 Å². The van der Waals surface area contributed by atoms with E-state index in [1.165, 1.54) is 10.6 Å². The lowest BCUT2D eigenvalue weighted by atomic mass is 10.1. The van der Waals surface area contributed by atoms with Gasteiger partial charge in [-0.05, 0) is 43.7 Å². The van der Waals surface area contributed by atoms with Gasteiger partial charge in [-0.3, -0.25) is 4.57 Å². The molecule has 1 atom stereocenters. The molecule has 3 aromatic rings. The topological polar surface area (TPSA) is 78.9 Å². The van der Waals surface area contributed by atoms with Gasteiger partial charge in [0.25, 0.3) is 0 Å². The van der Waals surface area contributed by atoms with Gasteiger partial charge in [0.15, 0.2) is 11.6 Å². The molecular weight excluding hydrogens is 354 g/mol. The summed E-state index contributed by atoms with van der Waals surface area (Å²) in [5, 5.41) is 5.35. The number of nitrogens with zero attached hydrogens (tertiary/aromatic N) is 1. The van der Waals surface area contributed by atoms with Crippen LogP contribution in [-0.2, 0) is 0 Å². The minimum absolute atomic E-state index is 0.322. The monoisotopic (exact) mass is 372 g/mol. The van der Waals surface area contributed by atoms with Crippen molar-refractivity contribution in [3.63, 3.8) is 0 Å². The molecule has 0 bridgehead atoms. The fraction of sp³-hybridized carbons (Fsp3) is 0.158. The Morgan fingerprint density at radius 3 is 2.56 bits per heavy atom. The molecule has 2 aromatic carbocycles. The first-order chi connectivity index (χ1) is 12.9. The van der Waals surface area contributed by atoms with Gasteiger partial charge in [-0.15, -0.1) is 0 Å². The molecule has 0 radical (unpaired) electrons. The summed E-state index contributed by atoms with van der Waals surface area (Å²) >= 11 is 0. The number of para-hydroxylation sites is 2. The fourth-order valence-corrected chi connectivity index (χ4v) is 2.75. The average molecular weight is 372 g/mol. The highest BCUT2D eigenvalue weighted by Gasteiger charge is 2.15. The number of hydrogen-bond acceptors (Lipinski definition) is 2. The molecule has 0 aliphatic heterocycles. The van der Waals surface area contributed by atoms with Gasteiger partial charge in [0.1, 0.15) is 0 Å². The van der Waals surface area contributed by atoms with E-state index in [0.717, 1.165) is 12.1 Å². The lowest BCUT2D eigenvalue weighted by molar-refractivity contribution is 0.249. The van der Waals surface area contributed by atoms with Crippen LogP contribution in [0.25, 0.3) is 5.69 Å². The standard InChI is InChI=1S/C19H18F2N4O2/c1-11-10-22-19(27)25(11)17-6-4-3-5-16(17)24-18(26)23-12(2)13-7-8-14(20)15(21)9-13/h3-10,12H,1-2H3,(H,22,27)(H2,23,24,26). The number of urea groups is 1. The van der Waals surface area contributed by atoms with E-state index in [4.69, 9.17) is 0 Å². The van der Waals surface area contributed by atoms with Crippen molar-refractivity contribution in [3.05, 3.63) is 82.0 Å².